The van der Waals surface area contributed by atoms with E-state index in [4.69, 9.17) is 10.8 Å². The van der Waals surface area contributed by atoms with E-state index in [-0.39, 0.29) is 12.5 Å². The van der Waals surface area contributed by atoms with Crippen LogP contribution in [-0.2, 0) is 9.59 Å². The number of nitrogens with one attached hydrogen (secondary N) is 1. The molecular weight excluding hydrogens is 184 g/mol. The molecule has 5 heteroatoms. The van der Waals surface area contributed by atoms with Crippen LogP contribution in [0.5, 0.6) is 0 Å². The van der Waals surface area contributed by atoms with E-state index in [1.165, 1.54) is 0 Å². The number of carboxylic acid groups (broad SMARTS) is 1. The maximum Gasteiger partial charge on any atom is 0.308 e. The highest BCUT2D eigenvalue weighted by molar-refractivity contribution is 5.77. The first kappa shape index (κ1) is 12.9. The quantitative estimate of drug-likeness (QED) is 0.505. The fourth-order valence-corrected chi connectivity index (χ4v) is 0.873. The molecule has 0 aliphatic rings. The summed E-state index contributed by atoms with van der Waals surface area (Å²) in [5.41, 5.74) is 5.27. The SMILES string of the molecule is CC(CNC(=O)CCCCN)C(=O)O. The standard InChI is InChI=1S/C9H18N2O3/c1-7(9(13)14)6-11-8(12)4-2-3-5-10/h7H,2-6,10H2,1H3,(H,11,12)(H,13,14). The van der Waals surface area contributed by atoms with E-state index < -0.39 is 11.9 Å². The number of nitrogens with two attached hydrogens (primary N) is 1. The highest BCUT2D eigenvalue weighted by atomic mass is 16.4. The third kappa shape index (κ3) is 6.42. The Labute approximate surface area is 83.7 Å². The van der Waals surface area contributed by atoms with E-state index in [1.807, 2.05) is 0 Å². The van der Waals surface area contributed by atoms with Crippen LogP contribution in [0, 0.1) is 5.92 Å². The van der Waals surface area contributed by atoms with Gasteiger partial charge in [-0.2, -0.15) is 0 Å². The monoisotopic (exact) mass is 202 g/mol. The Morgan fingerprint density at radius 1 is 1.43 bits per heavy atom. The molecule has 0 radical (unpaired) electrons. The number of unbranched alkanes of at least 4 members (excludes halogenated alkanes) is 1. The summed E-state index contributed by atoms with van der Waals surface area (Å²) in [5.74, 6) is -1.53. The molecule has 0 fully saturated rings. The molecule has 0 aromatic rings. The molecule has 0 saturated heterocycles. The summed E-state index contributed by atoms with van der Waals surface area (Å²) < 4.78 is 0. The van der Waals surface area contributed by atoms with Crippen molar-refractivity contribution in [3.63, 3.8) is 0 Å². The third-order valence-corrected chi connectivity index (χ3v) is 1.88. The predicted molar refractivity (Wildman–Crippen MR) is 52.7 cm³/mol. The molecule has 1 unspecified atom stereocenters. The molecule has 5 nitrogen and oxygen atoms in total. The Bertz CT molecular complexity index is 194. The molecule has 4 N–H and O–H groups in total. The van der Waals surface area contributed by atoms with Gasteiger partial charge in [-0.1, -0.05) is 6.92 Å². The van der Waals surface area contributed by atoms with Crippen LogP contribution in [0.25, 0.3) is 0 Å². The molecule has 0 heterocycles. The zero-order valence-electron chi connectivity index (χ0n) is 8.45. The van der Waals surface area contributed by atoms with Gasteiger partial charge in [-0.15, -0.1) is 0 Å². The number of hydrogen-bond acceptors (Lipinski definition) is 3. The fourth-order valence-electron chi connectivity index (χ4n) is 0.873. The largest absolute Gasteiger partial charge is 0.481 e. The van der Waals surface area contributed by atoms with Crippen molar-refractivity contribution in [3.8, 4) is 0 Å². The molecular formula is C9H18N2O3. The Morgan fingerprint density at radius 2 is 2.07 bits per heavy atom. The van der Waals surface area contributed by atoms with Crippen molar-refractivity contribution in [2.45, 2.75) is 26.2 Å². The van der Waals surface area contributed by atoms with Crippen LogP contribution in [0.4, 0.5) is 0 Å². The predicted octanol–water partition coefficient (Wildman–Crippen LogP) is -0.0477. The minimum Gasteiger partial charge on any atom is -0.481 e. The van der Waals surface area contributed by atoms with E-state index in [2.05, 4.69) is 5.32 Å². The van der Waals surface area contributed by atoms with Gasteiger partial charge in [0.05, 0.1) is 5.92 Å². The zero-order valence-corrected chi connectivity index (χ0v) is 8.45. The maximum atomic E-state index is 11.1. The number of hydrogen-bond donors (Lipinski definition) is 3. The summed E-state index contributed by atoms with van der Waals surface area (Å²) in [6.07, 6.45) is 2.00. The first-order valence-corrected chi connectivity index (χ1v) is 4.77. The average molecular weight is 202 g/mol. The van der Waals surface area contributed by atoms with Crippen molar-refractivity contribution >= 4 is 11.9 Å². The van der Waals surface area contributed by atoms with Crippen LogP contribution in [0.1, 0.15) is 26.2 Å². The van der Waals surface area contributed by atoms with Crippen LogP contribution in [-0.4, -0.2) is 30.1 Å². The molecule has 0 aromatic carbocycles. The molecule has 0 bridgehead atoms. The molecule has 0 aliphatic heterocycles. The second-order valence-electron chi connectivity index (χ2n) is 3.29. The lowest BCUT2D eigenvalue weighted by Crippen LogP contribution is -2.31. The van der Waals surface area contributed by atoms with Crippen LogP contribution in [0.15, 0.2) is 0 Å². The topological polar surface area (TPSA) is 92.4 Å². The molecule has 0 aromatic heterocycles. The molecule has 82 valence electrons. The van der Waals surface area contributed by atoms with Gasteiger partial charge >= 0.3 is 5.97 Å². The molecule has 0 rings (SSSR count). The minimum atomic E-state index is -0.896. The second kappa shape index (κ2) is 7.32. The van der Waals surface area contributed by atoms with E-state index in [0.717, 1.165) is 12.8 Å². The van der Waals surface area contributed by atoms with Crippen LogP contribution in [0.2, 0.25) is 0 Å². The number of amides is 1. The molecule has 0 spiro atoms. The molecule has 14 heavy (non-hydrogen) atoms. The lowest BCUT2D eigenvalue weighted by atomic mass is 10.2. The summed E-state index contributed by atoms with van der Waals surface area (Å²) in [4.78, 5) is 21.5. The normalized spacial score (nSPS) is 12.1. The van der Waals surface area contributed by atoms with E-state index >= 15 is 0 Å². The average Bonchev–Trinajstić information content (AvgIpc) is 2.14. The van der Waals surface area contributed by atoms with Crippen LogP contribution < -0.4 is 11.1 Å². The van der Waals surface area contributed by atoms with E-state index in [9.17, 15) is 9.59 Å². The van der Waals surface area contributed by atoms with Gasteiger partial charge in [0.25, 0.3) is 0 Å². The van der Waals surface area contributed by atoms with Gasteiger partial charge in [0.1, 0.15) is 0 Å². The highest BCUT2D eigenvalue weighted by Gasteiger charge is 2.11. The number of carbonyl (C=O) groups is 2. The summed E-state index contributed by atoms with van der Waals surface area (Å²) in [5, 5.41) is 11.1. The van der Waals surface area contributed by atoms with E-state index in [0.29, 0.717) is 13.0 Å². The van der Waals surface area contributed by atoms with Crippen molar-refractivity contribution in [3.05, 3.63) is 0 Å². The van der Waals surface area contributed by atoms with Crippen LogP contribution in [0.3, 0.4) is 0 Å². The Morgan fingerprint density at radius 3 is 2.57 bits per heavy atom. The zero-order chi connectivity index (χ0) is 11.0. The van der Waals surface area contributed by atoms with Gasteiger partial charge in [0.15, 0.2) is 0 Å². The summed E-state index contributed by atoms with van der Waals surface area (Å²) in [6, 6.07) is 0. The number of carbonyl (C=O) groups excluding carboxylic acids is 1. The third-order valence-electron chi connectivity index (χ3n) is 1.88. The fraction of sp³-hybridized carbons (Fsp3) is 0.778. The van der Waals surface area contributed by atoms with Gasteiger partial charge in [0, 0.05) is 13.0 Å². The molecule has 1 atom stereocenters. The van der Waals surface area contributed by atoms with Crippen molar-refractivity contribution in [1.29, 1.82) is 0 Å². The first-order valence-electron chi connectivity index (χ1n) is 4.77. The number of rotatable bonds is 7. The van der Waals surface area contributed by atoms with Crippen molar-refractivity contribution in [2.75, 3.05) is 13.1 Å². The van der Waals surface area contributed by atoms with Crippen LogP contribution >= 0.6 is 0 Å². The summed E-state index contributed by atoms with van der Waals surface area (Å²) in [7, 11) is 0. The summed E-state index contributed by atoms with van der Waals surface area (Å²) in [6.45, 7) is 2.33. The van der Waals surface area contributed by atoms with Crippen molar-refractivity contribution in [2.24, 2.45) is 11.7 Å². The number of aliphatic carboxylic acids is 1. The Kier molecular flexibility index (Phi) is 6.74. The van der Waals surface area contributed by atoms with E-state index in [1.54, 1.807) is 6.92 Å². The Balaban J connectivity index is 3.48. The van der Waals surface area contributed by atoms with Crippen molar-refractivity contribution in [1.82, 2.24) is 5.32 Å². The molecule has 1 amide bonds. The van der Waals surface area contributed by atoms with Crippen molar-refractivity contribution < 1.29 is 14.7 Å². The lowest BCUT2D eigenvalue weighted by molar-refractivity contribution is -0.141. The smallest absolute Gasteiger partial charge is 0.308 e. The second-order valence-corrected chi connectivity index (χ2v) is 3.29. The van der Waals surface area contributed by atoms with Gasteiger partial charge in [-0.25, -0.2) is 0 Å². The first-order chi connectivity index (χ1) is 6.57. The molecule has 0 aliphatic carbocycles. The maximum absolute atomic E-state index is 11.1. The molecule has 0 saturated carbocycles. The highest BCUT2D eigenvalue weighted by Crippen LogP contribution is 1.95. The van der Waals surface area contributed by atoms with Gasteiger partial charge in [-0.3, -0.25) is 9.59 Å². The minimum absolute atomic E-state index is 0.105. The van der Waals surface area contributed by atoms with Gasteiger partial charge < -0.3 is 16.2 Å². The van der Waals surface area contributed by atoms with Gasteiger partial charge in [0.2, 0.25) is 5.91 Å². The summed E-state index contributed by atoms with van der Waals surface area (Å²) >= 11 is 0. The Hall–Kier alpha value is -1.10. The lowest BCUT2D eigenvalue weighted by Gasteiger charge is -2.07. The van der Waals surface area contributed by atoms with Gasteiger partial charge in [-0.05, 0) is 19.4 Å². The number of carboxylic acids is 1.